The molecule has 6 heteroatoms. The summed E-state index contributed by atoms with van der Waals surface area (Å²) in [6, 6.07) is 17.3. The second-order valence-electron chi connectivity index (χ2n) is 6.85. The summed E-state index contributed by atoms with van der Waals surface area (Å²) in [7, 11) is 1.42. The molecule has 1 aliphatic rings. The highest BCUT2D eigenvalue weighted by Crippen LogP contribution is 2.37. The van der Waals surface area contributed by atoms with Crippen molar-refractivity contribution in [3.8, 4) is 0 Å². The molecule has 0 saturated carbocycles. The number of carbonyl (C=O) groups is 2. The highest BCUT2D eigenvalue weighted by molar-refractivity contribution is 6.04. The van der Waals surface area contributed by atoms with Crippen molar-refractivity contribution in [2.75, 3.05) is 20.2 Å². The molecule has 4 rings (SSSR count). The number of fused-ring (bicyclic) bond motifs is 1. The number of nitrogens with one attached hydrogen (secondary N) is 1. The van der Waals surface area contributed by atoms with Crippen LogP contribution in [0, 0.1) is 0 Å². The maximum atomic E-state index is 13.0. The summed E-state index contributed by atoms with van der Waals surface area (Å²) in [6.45, 7) is 0.952. The molecule has 1 aromatic heterocycles. The Hall–Kier alpha value is -3.15. The number of piperidine rings is 1. The molecular formula is C21H21N3O3. The van der Waals surface area contributed by atoms with Crippen molar-refractivity contribution in [2.24, 2.45) is 0 Å². The maximum Gasteiger partial charge on any atom is 0.316 e. The monoisotopic (exact) mass is 363 g/mol. The van der Waals surface area contributed by atoms with Gasteiger partial charge in [0.15, 0.2) is 5.69 Å². The van der Waals surface area contributed by atoms with E-state index in [1.54, 1.807) is 4.90 Å². The number of amides is 1. The summed E-state index contributed by atoms with van der Waals surface area (Å²) in [5.74, 6) is -0.356. The van der Waals surface area contributed by atoms with Gasteiger partial charge in [-0.25, -0.2) is 0 Å². The van der Waals surface area contributed by atoms with E-state index >= 15 is 0 Å². The number of H-pyrrole nitrogens is 1. The number of hydrogen-bond acceptors (Lipinski definition) is 4. The molecule has 1 aliphatic heterocycles. The Morgan fingerprint density at radius 1 is 1.04 bits per heavy atom. The Balaban J connectivity index is 1.58. The Kier molecular flexibility index (Phi) is 4.39. The summed E-state index contributed by atoms with van der Waals surface area (Å²) in [4.78, 5) is 27.4. The Bertz CT molecular complexity index is 973. The Morgan fingerprint density at radius 2 is 1.70 bits per heavy atom. The van der Waals surface area contributed by atoms with Gasteiger partial charge >= 0.3 is 5.97 Å². The van der Waals surface area contributed by atoms with Crippen LogP contribution in [0.2, 0.25) is 0 Å². The first-order valence-electron chi connectivity index (χ1n) is 9.02. The van der Waals surface area contributed by atoms with Crippen LogP contribution in [0.1, 0.15) is 28.9 Å². The summed E-state index contributed by atoms with van der Waals surface area (Å²) < 4.78 is 5.11. The van der Waals surface area contributed by atoms with E-state index in [4.69, 9.17) is 4.74 Å². The molecular weight excluding hydrogens is 342 g/mol. The van der Waals surface area contributed by atoms with Crippen LogP contribution in [0.15, 0.2) is 54.6 Å². The molecule has 0 spiro atoms. The van der Waals surface area contributed by atoms with Gasteiger partial charge in [0, 0.05) is 18.5 Å². The predicted octanol–water partition coefficient (Wildman–Crippen LogP) is 2.91. The fraction of sp³-hybridized carbons (Fsp3) is 0.286. The van der Waals surface area contributed by atoms with Crippen molar-refractivity contribution in [1.82, 2.24) is 15.1 Å². The lowest BCUT2D eigenvalue weighted by atomic mass is 9.72. The van der Waals surface area contributed by atoms with Crippen LogP contribution in [0.5, 0.6) is 0 Å². The standard InChI is InChI=1S/C21H21N3O3/c1-27-20(26)21(15-7-3-2-4-8-15)11-13-24(14-12-21)19(25)18-16-9-5-6-10-17(16)22-23-18/h2-10H,11-14H2,1H3,(H,22,23). The molecule has 0 atom stereocenters. The number of aromatic nitrogens is 2. The minimum Gasteiger partial charge on any atom is -0.468 e. The zero-order chi connectivity index (χ0) is 18.9. The van der Waals surface area contributed by atoms with E-state index in [0.29, 0.717) is 31.6 Å². The number of carbonyl (C=O) groups excluding carboxylic acids is 2. The number of para-hydroxylation sites is 1. The summed E-state index contributed by atoms with van der Waals surface area (Å²) >= 11 is 0. The number of aromatic amines is 1. The van der Waals surface area contributed by atoms with Crippen molar-refractivity contribution in [2.45, 2.75) is 18.3 Å². The third kappa shape index (κ3) is 2.87. The van der Waals surface area contributed by atoms with E-state index in [2.05, 4.69) is 10.2 Å². The zero-order valence-corrected chi connectivity index (χ0v) is 15.1. The first kappa shape index (κ1) is 17.3. The maximum absolute atomic E-state index is 13.0. The second-order valence-corrected chi connectivity index (χ2v) is 6.85. The highest BCUT2D eigenvalue weighted by atomic mass is 16.5. The van der Waals surface area contributed by atoms with E-state index in [1.165, 1.54) is 7.11 Å². The van der Waals surface area contributed by atoms with E-state index in [1.807, 2.05) is 54.6 Å². The van der Waals surface area contributed by atoms with Crippen LogP contribution < -0.4 is 0 Å². The predicted molar refractivity (Wildman–Crippen MR) is 101 cm³/mol. The molecule has 0 unspecified atom stereocenters. The van der Waals surface area contributed by atoms with Crippen LogP contribution in [0.3, 0.4) is 0 Å². The molecule has 2 heterocycles. The number of nitrogens with zero attached hydrogens (tertiary/aromatic N) is 2. The molecule has 138 valence electrons. The topological polar surface area (TPSA) is 75.3 Å². The normalized spacial score (nSPS) is 16.3. The molecule has 3 aromatic rings. The van der Waals surface area contributed by atoms with Crippen molar-refractivity contribution in [3.05, 3.63) is 65.9 Å². The van der Waals surface area contributed by atoms with Crippen molar-refractivity contribution in [1.29, 1.82) is 0 Å². The van der Waals surface area contributed by atoms with E-state index in [0.717, 1.165) is 16.5 Å². The van der Waals surface area contributed by atoms with Gasteiger partial charge in [0.25, 0.3) is 5.91 Å². The molecule has 1 saturated heterocycles. The number of esters is 1. The lowest BCUT2D eigenvalue weighted by molar-refractivity contribution is -0.149. The molecule has 6 nitrogen and oxygen atoms in total. The smallest absolute Gasteiger partial charge is 0.316 e. The lowest BCUT2D eigenvalue weighted by Crippen LogP contribution is -2.49. The summed E-state index contributed by atoms with van der Waals surface area (Å²) in [5.41, 5.74) is 1.50. The average Bonchev–Trinajstić information content (AvgIpc) is 3.17. The highest BCUT2D eigenvalue weighted by Gasteiger charge is 2.45. The third-order valence-corrected chi connectivity index (χ3v) is 5.48. The van der Waals surface area contributed by atoms with Gasteiger partial charge in [0.1, 0.15) is 0 Å². The van der Waals surface area contributed by atoms with E-state index in [9.17, 15) is 9.59 Å². The van der Waals surface area contributed by atoms with Crippen molar-refractivity contribution >= 4 is 22.8 Å². The van der Waals surface area contributed by atoms with Gasteiger partial charge in [-0.15, -0.1) is 0 Å². The molecule has 0 aliphatic carbocycles. The van der Waals surface area contributed by atoms with Gasteiger partial charge in [-0.1, -0.05) is 48.5 Å². The van der Waals surface area contributed by atoms with Crippen LogP contribution in [0.25, 0.3) is 10.9 Å². The third-order valence-electron chi connectivity index (χ3n) is 5.48. The van der Waals surface area contributed by atoms with Crippen molar-refractivity contribution in [3.63, 3.8) is 0 Å². The van der Waals surface area contributed by atoms with Crippen LogP contribution >= 0.6 is 0 Å². The Labute approximate surface area is 157 Å². The number of rotatable bonds is 3. The van der Waals surface area contributed by atoms with Gasteiger partial charge in [0.2, 0.25) is 0 Å². The van der Waals surface area contributed by atoms with Gasteiger partial charge in [-0.2, -0.15) is 5.10 Å². The molecule has 27 heavy (non-hydrogen) atoms. The molecule has 2 aromatic carbocycles. The Morgan fingerprint density at radius 3 is 2.41 bits per heavy atom. The summed E-state index contributed by atoms with van der Waals surface area (Å²) in [5, 5.41) is 7.93. The first-order valence-corrected chi connectivity index (χ1v) is 9.02. The molecule has 1 fully saturated rings. The number of likely N-dealkylation sites (tertiary alicyclic amines) is 1. The van der Waals surface area contributed by atoms with Crippen LogP contribution in [0.4, 0.5) is 0 Å². The molecule has 0 bridgehead atoms. The minimum absolute atomic E-state index is 0.112. The number of ether oxygens (including phenoxy) is 1. The van der Waals surface area contributed by atoms with Gasteiger partial charge in [0.05, 0.1) is 18.0 Å². The molecule has 1 N–H and O–H groups in total. The number of methoxy groups -OCH3 is 1. The number of hydrogen-bond donors (Lipinski definition) is 1. The average molecular weight is 363 g/mol. The fourth-order valence-electron chi connectivity index (χ4n) is 3.93. The van der Waals surface area contributed by atoms with E-state index < -0.39 is 5.41 Å². The second kappa shape index (κ2) is 6.87. The molecule has 1 amide bonds. The summed E-state index contributed by atoms with van der Waals surface area (Å²) in [6.07, 6.45) is 1.05. The van der Waals surface area contributed by atoms with Crippen molar-refractivity contribution < 1.29 is 14.3 Å². The largest absolute Gasteiger partial charge is 0.468 e. The lowest BCUT2D eigenvalue weighted by Gasteiger charge is -2.39. The van der Waals surface area contributed by atoms with Crippen LogP contribution in [-0.4, -0.2) is 47.2 Å². The quantitative estimate of drug-likeness (QED) is 0.726. The van der Waals surface area contributed by atoms with Gasteiger partial charge in [-0.3, -0.25) is 14.7 Å². The van der Waals surface area contributed by atoms with Gasteiger partial charge in [-0.05, 0) is 24.5 Å². The van der Waals surface area contributed by atoms with E-state index in [-0.39, 0.29) is 11.9 Å². The first-order chi connectivity index (χ1) is 13.2. The van der Waals surface area contributed by atoms with Gasteiger partial charge < -0.3 is 9.64 Å². The minimum atomic E-state index is -0.708. The SMILES string of the molecule is COC(=O)C1(c2ccccc2)CCN(C(=O)c2n[nH]c3ccccc23)CC1. The fourth-order valence-corrected chi connectivity index (χ4v) is 3.93. The van der Waals surface area contributed by atoms with Crippen LogP contribution in [-0.2, 0) is 14.9 Å². The molecule has 0 radical (unpaired) electrons. The number of benzene rings is 2. The zero-order valence-electron chi connectivity index (χ0n) is 15.1.